The number of hydrogen-bond acceptors (Lipinski definition) is 7. The first-order chi connectivity index (χ1) is 14.6. The molecule has 0 fully saturated rings. The minimum absolute atomic E-state index is 0.341. The fourth-order valence-electron chi connectivity index (χ4n) is 3.18. The van der Waals surface area contributed by atoms with Gasteiger partial charge in [-0.1, -0.05) is 18.5 Å². The summed E-state index contributed by atoms with van der Waals surface area (Å²) in [6.07, 6.45) is 2.84. The molecule has 0 saturated heterocycles. The van der Waals surface area contributed by atoms with E-state index >= 15 is 0 Å². The van der Waals surface area contributed by atoms with Gasteiger partial charge in [0.05, 0.1) is 25.4 Å². The summed E-state index contributed by atoms with van der Waals surface area (Å²) >= 11 is 1.47. The number of hydrogen-bond donors (Lipinski definition) is 2. The Morgan fingerprint density at radius 3 is 2.83 bits per heavy atom. The number of urea groups is 1. The Morgan fingerprint density at radius 1 is 1.27 bits per heavy atom. The van der Waals surface area contributed by atoms with Gasteiger partial charge in [-0.05, 0) is 49.6 Å². The summed E-state index contributed by atoms with van der Waals surface area (Å²) in [6.45, 7) is 5.72. The van der Waals surface area contributed by atoms with Gasteiger partial charge >= 0.3 is 6.03 Å². The molecule has 3 heterocycles. The number of anilines is 2. The first-order valence-corrected chi connectivity index (χ1v) is 10.8. The lowest BCUT2D eigenvalue weighted by molar-refractivity contribution is 0.113. The molecule has 1 aliphatic rings. The van der Waals surface area contributed by atoms with Crippen LogP contribution in [0.2, 0.25) is 0 Å². The number of aromatic nitrogens is 2. The van der Waals surface area contributed by atoms with Crippen molar-refractivity contribution in [2.45, 2.75) is 39.7 Å². The summed E-state index contributed by atoms with van der Waals surface area (Å²) in [7, 11) is 0. The molecule has 1 aromatic carbocycles. The predicted molar refractivity (Wildman–Crippen MR) is 115 cm³/mol. The number of nitrogens with zero attached hydrogens (tertiary/aromatic N) is 2. The third kappa shape index (κ3) is 4.63. The molecule has 0 aliphatic carbocycles. The first-order valence-electron chi connectivity index (χ1n) is 9.98. The quantitative estimate of drug-likeness (QED) is 0.514. The number of fused-ring (bicyclic) bond motifs is 1. The van der Waals surface area contributed by atoms with E-state index in [0.717, 1.165) is 41.0 Å². The molecule has 2 aromatic heterocycles. The molecule has 2 N–H and O–H groups in total. The van der Waals surface area contributed by atoms with Gasteiger partial charge in [0.25, 0.3) is 5.89 Å². The Hall–Kier alpha value is -2.91. The Labute approximate surface area is 178 Å². The molecule has 1 aliphatic heterocycles. The molecule has 0 unspecified atom stereocenters. The van der Waals surface area contributed by atoms with Crippen LogP contribution >= 0.6 is 11.3 Å². The monoisotopic (exact) mass is 428 g/mol. The number of unbranched alkanes of at least 4 members (excludes halogenated alkanes) is 1. The molecule has 0 bridgehead atoms. The van der Waals surface area contributed by atoms with Gasteiger partial charge in [-0.2, -0.15) is 4.98 Å². The number of thiophene rings is 1. The Bertz CT molecular complexity index is 1010. The second-order valence-corrected chi connectivity index (χ2v) is 8.07. The van der Waals surface area contributed by atoms with Gasteiger partial charge in [0.2, 0.25) is 0 Å². The molecule has 158 valence electrons. The van der Waals surface area contributed by atoms with Crippen molar-refractivity contribution in [3.8, 4) is 17.2 Å². The Balaban J connectivity index is 1.47. The fourth-order valence-corrected chi connectivity index (χ4v) is 4.35. The number of ether oxygens (including phenoxy) is 2. The van der Waals surface area contributed by atoms with Crippen molar-refractivity contribution in [3.63, 3.8) is 0 Å². The average Bonchev–Trinajstić information content (AvgIpc) is 3.32. The van der Waals surface area contributed by atoms with Gasteiger partial charge in [-0.25, -0.2) is 4.79 Å². The van der Waals surface area contributed by atoms with E-state index in [0.29, 0.717) is 42.2 Å². The summed E-state index contributed by atoms with van der Waals surface area (Å²) in [5.41, 5.74) is 2.56. The standard InChI is InChI=1S/C21H24N4O4S/c1-3-4-10-28-15-7-5-14(6-8-15)23-21(26)24-20-18(19-22-13(2)25-29-19)16-9-11-27-12-17(16)30-20/h5-8H,3-4,9-12H2,1-2H3,(H2,23,24,26). The fraction of sp³-hybridized carbons (Fsp3) is 0.381. The lowest BCUT2D eigenvalue weighted by atomic mass is 10.1. The van der Waals surface area contributed by atoms with Crippen molar-refractivity contribution in [2.75, 3.05) is 23.8 Å². The molecule has 0 radical (unpaired) electrons. The second kappa shape index (κ2) is 9.27. The minimum Gasteiger partial charge on any atom is -0.494 e. The number of rotatable bonds is 7. The lowest BCUT2D eigenvalue weighted by Crippen LogP contribution is -2.19. The molecule has 8 nitrogen and oxygen atoms in total. The maximum absolute atomic E-state index is 12.6. The average molecular weight is 429 g/mol. The van der Waals surface area contributed by atoms with Crippen molar-refractivity contribution >= 4 is 28.1 Å². The molecule has 0 atom stereocenters. The maximum atomic E-state index is 12.6. The van der Waals surface area contributed by atoms with E-state index in [2.05, 4.69) is 27.7 Å². The second-order valence-electron chi connectivity index (χ2n) is 6.96. The molecular weight excluding hydrogens is 404 g/mol. The van der Waals surface area contributed by atoms with E-state index in [-0.39, 0.29) is 6.03 Å². The van der Waals surface area contributed by atoms with Crippen molar-refractivity contribution in [1.29, 1.82) is 0 Å². The van der Waals surface area contributed by atoms with Gasteiger partial charge in [0, 0.05) is 10.6 Å². The highest BCUT2D eigenvalue weighted by atomic mass is 32.1. The topological polar surface area (TPSA) is 98.5 Å². The highest BCUT2D eigenvalue weighted by Gasteiger charge is 2.26. The molecule has 2 amide bonds. The van der Waals surface area contributed by atoms with Crippen LogP contribution in [-0.2, 0) is 17.8 Å². The largest absolute Gasteiger partial charge is 0.494 e. The third-order valence-corrected chi connectivity index (χ3v) is 5.79. The van der Waals surface area contributed by atoms with E-state index in [1.54, 1.807) is 6.92 Å². The number of carbonyl (C=O) groups is 1. The highest BCUT2D eigenvalue weighted by molar-refractivity contribution is 7.17. The van der Waals surface area contributed by atoms with Crippen LogP contribution in [0.5, 0.6) is 5.75 Å². The molecule has 0 saturated carbocycles. The predicted octanol–water partition coefficient (Wildman–Crippen LogP) is 5.00. The summed E-state index contributed by atoms with van der Waals surface area (Å²) in [4.78, 5) is 18.1. The van der Waals surface area contributed by atoms with Crippen molar-refractivity contribution in [2.24, 2.45) is 0 Å². The zero-order valence-electron chi connectivity index (χ0n) is 17.0. The van der Waals surface area contributed by atoms with Crippen LogP contribution in [-0.4, -0.2) is 29.4 Å². The van der Waals surface area contributed by atoms with Crippen LogP contribution in [0.3, 0.4) is 0 Å². The molecule has 9 heteroatoms. The summed E-state index contributed by atoms with van der Waals surface area (Å²) in [5, 5.41) is 10.4. The van der Waals surface area contributed by atoms with Crippen LogP contribution < -0.4 is 15.4 Å². The van der Waals surface area contributed by atoms with Crippen LogP contribution in [0.1, 0.15) is 36.0 Å². The Morgan fingerprint density at radius 2 is 2.10 bits per heavy atom. The van der Waals surface area contributed by atoms with E-state index in [1.807, 2.05) is 24.3 Å². The van der Waals surface area contributed by atoms with Crippen molar-refractivity contribution < 1.29 is 18.8 Å². The molecule has 4 rings (SSSR count). The first kappa shape index (κ1) is 20.4. The van der Waals surface area contributed by atoms with E-state index in [9.17, 15) is 4.79 Å². The minimum atomic E-state index is -0.341. The van der Waals surface area contributed by atoms with E-state index < -0.39 is 0 Å². The molecule has 0 spiro atoms. The molecule has 3 aromatic rings. The smallest absolute Gasteiger partial charge is 0.324 e. The van der Waals surface area contributed by atoms with Gasteiger partial charge in [0.15, 0.2) is 5.82 Å². The highest BCUT2D eigenvalue weighted by Crippen LogP contribution is 2.42. The zero-order chi connectivity index (χ0) is 20.9. The van der Waals surface area contributed by atoms with Crippen molar-refractivity contribution in [3.05, 3.63) is 40.5 Å². The van der Waals surface area contributed by atoms with Crippen LogP contribution in [0.25, 0.3) is 11.5 Å². The lowest BCUT2D eigenvalue weighted by Gasteiger charge is -2.12. The van der Waals surface area contributed by atoms with Gasteiger partial charge in [0.1, 0.15) is 10.8 Å². The van der Waals surface area contributed by atoms with Crippen LogP contribution in [0.4, 0.5) is 15.5 Å². The Kier molecular flexibility index (Phi) is 6.29. The molecular formula is C21H24N4O4S. The van der Waals surface area contributed by atoms with Gasteiger partial charge < -0.3 is 19.3 Å². The number of aryl methyl sites for hydroxylation is 1. The number of carbonyl (C=O) groups excluding carboxylic acids is 1. The normalized spacial score (nSPS) is 13.0. The summed E-state index contributed by atoms with van der Waals surface area (Å²) in [6, 6.07) is 6.98. The molecule has 30 heavy (non-hydrogen) atoms. The van der Waals surface area contributed by atoms with Crippen LogP contribution in [0.15, 0.2) is 28.8 Å². The number of benzene rings is 1. The third-order valence-electron chi connectivity index (χ3n) is 4.67. The van der Waals surface area contributed by atoms with E-state index in [1.165, 1.54) is 11.3 Å². The van der Waals surface area contributed by atoms with Gasteiger partial charge in [-0.3, -0.25) is 5.32 Å². The van der Waals surface area contributed by atoms with Crippen molar-refractivity contribution in [1.82, 2.24) is 10.1 Å². The van der Waals surface area contributed by atoms with E-state index in [4.69, 9.17) is 14.0 Å². The maximum Gasteiger partial charge on any atom is 0.324 e. The van der Waals surface area contributed by atoms with Crippen LogP contribution in [0, 0.1) is 6.92 Å². The summed E-state index contributed by atoms with van der Waals surface area (Å²) in [5.74, 6) is 1.75. The summed E-state index contributed by atoms with van der Waals surface area (Å²) < 4.78 is 16.6. The van der Waals surface area contributed by atoms with Gasteiger partial charge in [-0.15, -0.1) is 11.3 Å². The number of nitrogens with one attached hydrogen (secondary N) is 2. The zero-order valence-corrected chi connectivity index (χ0v) is 17.8. The number of amides is 2. The SMILES string of the molecule is CCCCOc1ccc(NC(=O)Nc2sc3c(c2-c2nc(C)no2)CCOC3)cc1.